The van der Waals surface area contributed by atoms with E-state index in [9.17, 15) is 26.4 Å². The second kappa shape index (κ2) is 10.1. The van der Waals surface area contributed by atoms with Gasteiger partial charge >= 0.3 is 22.4 Å². The summed E-state index contributed by atoms with van der Waals surface area (Å²) < 4.78 is 65.3. The lowest BCUT2D eigenvalue weighted by molar-refractivity contribution is -0.173. The Morgan fingerprint density at radius 2 is 1.74 bits per heavy atom. The van der Waals surface area contributed by atoms with E-state index < -0.39 is 38.8 Å². The van der Waals surface area contributed by atoms with Gasteiger partial charge in [-0.3, -0.25) is 8.98 Å². The number of benzene rings is 1. The number of hydrogen-bond donors (Lipinski definition) is 2. The Balaban J connectivity index is 2.71. The lowest BCUT2D eigenvalue weighted by Crippen LogP contribution is -2.37. The quantitative estimate of drug-likeness (QED) is 0.427. The van der Waals surface area contributed by atoms with Crippen molar-refractivity contribution in [2.45, 2.75) is 28.9 Å². The van der Waals surface area contributed by atoms with Crippen LogP contribution >= 0.6 is 34.8 Å². The van der Waals surface area contributed by atoms with Crippen molar-refractivity contribution in [3.8, 4) is 0 Å². The van der Waals surface area contributed by atoms with Gasteiger partial charge in [-0.1, -0.05) is 65.1 Å². The summed E-state index contributed by atoms with van der Waals surface area (Å²) >= 11 is 16.3. The predicted molar refractivity (Wildman–Crippen MR) is 95.8 cm³/mol. The summed E-state index contributed by atoms with van der Waals surface area (Å²) in [7, 11) is -4.31. The highest BCUT2D eigenvalue weighted by Gasteiger charge is 2.38. The summed E-state index contributed by atoms with van der Waals surface area (Å²) in [6.07, 6.45) is -4.84. The van der Waals surface area contributed by atoms with Gasteiger partial charge in [-0.15, -0.1) is 0 Å². The molecule has 1 aromatic carbocycles. The molecule has 2 N–H and O–H groups in total. The molecule has 0 aliphatic heterocycles. The minimum atomic E-state index is -4.98. The molecule has 1 aromatic rings. The third-order valence-corrected chi connectivity index (χ3v) is 4.41. The molecule has 0 fully saturated rings. The van der Waals surface area contributed by atoms with Gasteiger partial charge in [0.05, 0.1) is 0 Å². The molecule has 1 unspecified atom stereocenters. The monoisotopic (exact) mass is 470 g/mol. The number of halogens is 6. The summed E-state index contributed by atoms with van der Waals surface area (Å²) in [4.78, 5) is 10.8. The van der Waals surface area contributed by atoms with Gasteiger partial charge in [-0.25, -0.2) is 0 Å². The second-order valence-corrected chi connectivity index (χ2v) is 9.20. The summed E-state index contributed by atoms with van der Waals surface area (Å²) in [6, 6.07) is 7.44. The molecule has 0 aliphatic rings. The zero-order valence-corrected chi connectivity index (χ0v) is 16.7. The molecule has 0 saturated heterocycles. The van der Waals surface area contributed by atoms with Crippen LogP contribution in [0.3, 0.4) is 0 Å². The molecule has 1 atom stereocenters. The average Bonchev–Trinajstić information content (AvgIpc) is 2.55. The average molecular weight is 472 g/mol. The Kier molecular flexibility index (Phi) is 9.10. The van der Waals surface area contributed by atoms with Crippen LogP contribution in [-0.2, 0) is 19.3 Å². The van der Waals surface area contributed by atoms with E-state index in [2.05, 4.69) is 8.91 Å². The van der Waals surface area contributed by atoms with Gasteiger partial charge in [0.25, 0.3) is 0 Å². The first-order valence-electron chi connectivity index (χ1n) is 7.43. The third-order valence-electron chi connectivity index (χ3n) is 3.08. The Labute approximate surface area is 169 Å². The summed E-state index contributed by atoms with van der Waals surface area (Å²) in [5.74, 6) is -2.06. The normalized spacial score (nSPS) is 14.0. The van der Waals surface area contributed by atoms with Gasteiger partial charge in [-0.05, 0) is 18.4 Å². The molecule has 0 aliphatic carbocycles. The lowest BCUT2D eigenvalue weighted by Gasteiger charge is -2.20. The van der Waals surface area contributed by atoms with E-state index in [0.29, 0.717) is 5.56 Å². The number of rotatable bonds is 9. The fourth-order valence-corrected chi connectivity index (χ4v) is 3.30. The van der Waals surface area contributed by atoms with Gasteiger partial charge in [0, 0.05) is 12.6 Å². The Bertz CT molecular complexity index is 713. The topological polar surface area (TPSA) is 84.5 Å². The Morgan fingerprint density at radius 3 is 2.26 bits per heavy atom. The largest absolute Gasteiger partial charge is 0.471 e. The van der Waals surface area contributed by atoms with E-state index in [1.165, 1.54) is 0 Å². The molecule has 13 heteroatoms. The smallest absolute Gasteiger partial charge is 0.348 e. The summed E-state index contributed by atoms with van der Waals surface area (Å²) in [5, 5.41) is 1.71. The molecule has 0 spiro atoms. The third kappa shape index (κ3) is 10.4. The molecule has 1 amide bonds. The van der Waals surface area contributed by atoms with Gasteiger partial charge in [0.2, 0.25) is 3.79 Å². The van der Waals surface area contributed by atoms with Crippen LogP contribution in [0.1, 0.15) is 24.4 Å². The predicted octanol–water partition coefficient (Wildman–Crippen LogP) is 3.41. The number of carbonyl (C=O) groups is 1. The molecule has 0 aromatic heterocycles. The molecular weight excluding hydrogens is 456 g/mol. The highest BCUT2D eigenvalue weighted by molar-refractivity contribution is 7.84. The van der Waals surface area contributed by atoms with Crippen molar-refractivity contribution in [2.75, 3.05) is 13.2 Å². The fraction of sp³-hybridized carbons (Fsp3) is 0.500. The van der Waals surface area contributed by atoms with Gasteiger partial charge < -0.3 is 5.32 Å². The molecular formula is C14H16Cl3F3N2O4S. The SMILES string of the molecule is O=C(NCCCC(NS(=O)(=O)OCC(Cl)(Cl)Cl)c1ccccc1)C(F)(F)F. The highest BCUT2D eigenvalue weighted by Crippen LogP contribution is 2.27. The number of hydrogen-bond acceptors (Lipinski definition) is 4. The van der Waals surface area contributed by atoms with Crippen LogP contribution < -0.4 is 10.0 Å². The molecule has 27 heavy (non-hydrogen) atoms. The Hall–Kier alpha value is -0.780. The van der Waals surface area contributed by atoms with Crippen molar-refractivity contribution in [1.82, 2.24) is 10.0 Å². The second-order valence-electron chi connectivity index (χ2n) is 5.31. The van der Waals surface area contributed by atoms with Crippen molar-refractivity contribution in [1.29, 1.82) is 0 Å². The van der Waals surface area contributed by atoms with E-state index in [1.54, 1.807) is 35.6 Å². The van der Waals surface area contributed by atoms with E-state index in [0.717, 1.165) is 0 Å². The van der Waals surface area contributed by atoms with Crippen LogP contribution in [0, 0.1) is 0 Å². The maximum Gasteiger partial charge on any atom is 0.471 e. The van der Waals surface area contributed by atoms with Gasteiger partial charge in [0.1, 0.15) is 6.61 Å². The minimum Gasteiger partial charge on any atom is -0.348 e. The van der Waals surface area contributed by atoms with Crippen LogP contribution in [0.5, 0.6) is 0 Å². The molecule has 1 rings (SSSR count). The minimum absolute atomic E-state index is 0.0638. The van der Waals surface area contributed by atoms with Crippen LogP contribution in [0.25, 0.3) is 0 Å². The van der Waals surface area contributed by atoms with Crippen LogP contribution in [0.4, 0.5) is 13.2 Å². The molecule has 0 radical (unpaired) electrons. The highest BCUT2D eigenvalue weighted by atomic mass is 35.6. The molecule has 0 heterocycles. The van der Waals surface area contributed by atoms with Crippen molar-refractivity contribution in [3.63, 3.8) is 0 Å². The number of carbonyl (C=O) groups excluding carboxylic acids is 1. The van der Waals surface area contributed by atoms with Gasteiger partial charge in [0.15, 0.2) is 0 Å². The molecule has 0 saturated carbocycles. The molecule has 0 bridgehead atoms. The van der Waals surface area contributed by atoms with Crippen LogP contribution in [-0.4, -0.2) is 37.4 Å². The molecule has 6 nitrogen and oxygen atoms in total. The van der Waals surface area contributed by atoms with E-state index in [1.807, 2.05) is 0 Å². The maximum absolute atomic E-state index is 12.2. The molecule has 154 valence electrons. The maximum atomic E-state index is 12.2. The summed E-state index contributed by atoms with van der Waals surface area (Å²) in [5.41, 5.74) is 0.542. The van der Waals surface area contributed by atoms with E-state index in [4.69, 9.17) is 34.8 Å². The first-order chi connectivity index (χ1) is 12.3. The van der Waals surface area contributed by atoms with Crippen molar-refractivity contribution in [3.05, 3.63) is 35.9 Å². The lowest BCUT2D eigenvalue weighted by atomic mass is 10.0. The van der Waals surface area contributed by atoms with E-state index in [-0.39, 0.29) is 19.4 Å². The van der Waals surface area contributed by atoms with Gasteiger partial charge in [-0.2, -0.15) is 26.3 Å². The van der Waals surface area contributed by atoms with Crippen molar-refractivity contribution < 1.29 is 30.6 Å². The fourth-order valence-electron chi connectivity index (χ4n) is 1.94. The number of nitrogens with one attached hydrogen (secondary N) is 2. The number of alkyl halides is 6. The summed E-state index contributed by atoms with van der Waals surface area (Å²) in [6.45, 7) is -1.02. The van der Waals surface area contributed by atoms with Crippen LogP contribution in [0.15, 0.2) is 30.3 Å². The first-order valence-corrected chi connectivity index (χ1v) is 9.98. The van der Waals surface area contributed by atoms with E-state index >= 15 is 0 Å². The van der Waals surface area contributed by atoms with Crippen molar-refractivity contribution >= 4 is 51.0 Å². The number of amides is 1. The zero-order valence-electron chi connectivity index (χ0n) is 13.6. The first kappa shape index (κ1) is 24.3. The van der Waals surface area contributed by atoms with Crippen molar-refractivity contribution in [2.24, 2.45) is 0 Å². The van der Waals surface area contributed by atoms with Crippen LogP contribution in [0.2, 0.25) is 0 Å². The standard InChI is InChI=1S/C14H16Cl3F3N2O4S/c15-13(16,17)9-26-27(24,25)22-11(10-5-2-1-3-6-10)7-4-8-21-12(23)14(18,19)20/h1-3,5-6,11,22H,4,7-9H2,(H,21,23). The zero-order chi connectivity index (χ0) is 20.7. The Morgan fingerprint density at radius 1 is 1.15 bits per heavy atom.